The van der Waals surface area contributed by atoms with Crippen LogP contribution in [-0.4, -0.2) is 63.9 Å². The van der Waals surface area contributed by atoms with Crippen molar-refractivity contribution >= 4 is 32.7 Å². The first-order valence-electron chi connectivity index (χ1n) is 10.1. The van der Waals surface area contributed by atoms with Crippen LogP contribution in [0, 0.1) is 0 Å². The Hall–Kier alpha value is -2.59. The van der Waals surface area contributed by atoms with Crippen molar-refractivity contribution in [3.63, 3.8) is 0 Å². The molecule has 1 aliphatic heterocycles. The van der Waals surface area contributed by atoms with Crippen molar-refractivity contribution in [2.24, 2.45) is 0 Å². The Morgan fingerprint density at radius 3 is 2.79 bits per heavy atom. The minimum Gasteiger partial charge on any atom is -0.465 e. The van der Waals surface area contributed by atoms with Gasteiger partial charge in [0.15, 0.2) is 5.13 Å². The Morgan fingerprint density at radius 1 is 1.28 bits per heavy atom. The summed E-state index contributed by atoms with van der Waals surface area (Å²) in [5.41, 5.74) is 1.06. The highest BCUT2D eigenvalue weighted by atomic mass is 32.1. The van der Waals surface area contributed by atoms with E-state index in [0.717, 1.165) is 49.1 Å². The van der Waals surface area contributed by atoms with Crippen molar-refractivity contribution in [1.82, 2.24) is 25.2 Å². The molecule has 0 amide bonds. The third-order valence-electron chi connectivity index (χ3n) is 5.32. The minimum atomic E-state index is -0.313. The number of para-hydroxylation sites is 1. The molecule has 1 fully saturated rings. The topological polar surface area (TPSA) is 90.5 Å². The van der Waals surface area contributed by atoms with Gasteiger partial charge in [0.1, 0.15) is 12.6 Å². The van der Waals surface area contributed by atoms with Crippen molar-refractivity contribution in [2.75, 3.05) is 37.7 Å². The van der Waals surface area contributed by atoms with E-state index in [9.17, 15) is 4.79 Å². The van der Waals surface area contributed by atoms with E-state index in [1.165, 1.54) is 9.60 Å². The number of hydrogen-bond acceptors (Lipinski definition) is 8. The second-order valence-corrected chi connectivity index (χ2v) is 8.08. The zero-order valence-corrected chi connectivity index (χ0v) is 17.6. The van der Waals surface area contributed by atoms with Gasteiger partial charge in [0.05, 0.1) is 43.0 Å². The summed E-state index contributed by atoms with van der Waals surface area (Å²) in [6, 6.07) is 8.41. The molecule has 4 rings (SSSR count). The minimum absolute atomic E-state index is 0.0534. The van der Waals surface area contributed by atoms with Gasteiger partial charge in [-0.2, -0.15) is 0 Å². The Labute approximate surface area is 173 Å². The first-order chi connectivity index (χ1) is 14.2. The molecule has 0 bridgehead atoms. The zero-order valence-electron chi connectivity index (χ0n) is 16.7. The lowest BCUT2D eigenvalue weighted by molar-refractivity contribution is -0.933. The highest BCUT2D eigenvalue weighted by Gasteiger charge is 2.32. The fourth-order valence-electron chi connectivity index (χ4n) is 3.89. The van der Waals surface area contributed by atoms with Crippen molar-refractivity contribution in [2.45, 2.75) is 32.9 Å². The number of anilines is 1. The Balaban J connectivity index is 1.43. The van der Waals surface area contributed by atoms with Crippen molar-refractivity contribution in [3.05, 3.63) is 30.1 Å². The molecular formula is C19H26N7O2S+. The van der Waals surface area contributed by atoms with Crippen LogP contribution in [0.25, 0.3) is 10.2 Å². The number of carbonyl (C=O) groups excluding carboxylic acids is 1. The largest absolute Gasteiger partial charge is 0.465 e. The molecule has 1 aliphatic rings. The molecule has 0 radical (unpaired) electrons. The van der Waals surface area contributed by atoms with Gasteiger partial charge in [0.2, 0.25) is 5.82 Å². The van der Waals surface area contributed by atoms with Crippen LogP contribution in [0.15, 0.2) is 24.3 Å². The van der Waals surface area contributed by atoms with E-state index < -0.39 is 0 Å². The normalized spacial score (nSPS) is 16.3. The number of rotatable bonds is 7. The van der Waals surface area contributed by atoms with E-state index in [1.54, 1.807) is 22.9 Å². The summed E-state index contributed by atoms with van der Waals surface area (Å²) >= 11 is 1.75. The summed E-state index contributed by atoms with van der Waals surface area (Å²) in [5, 5.41) is 13.1. The molecule has 1 aromatic carbocycles. The number of nitrogens with zero attached hydrogens (tertiary/aromatic N) is 6. The lowest BCUT2D eigenvalue weighted by Crippen LogP contribution is -3.15. The zero-order chi connectivity index (χ0) is 20.2. The highest BCUT2D eigenvalue weighted by molar-refractivity contribution is 7.22. The van der Waals surface area contributed by atoms with Crippen LogP contribution >= 0.6 is 11.3 Å². The van der Waals surface area contributed by atoms with Crippen LogP contribution in [-0.2, 0) is 16.1 Å². The first-order valence-corrected chi connectivity index (χ1v) is 10.9. The molecule has 10 heteroatoms. The fourth-order valence-corrected chi connectivity index (χ4v) is 4.90. The van der Waals surface area contributed by atoms with Crippen molar-refractivity contribution < 1.29 is 14.4 Å². The van der Waals surface area contributed by atoms with E-state index in [0.29, 0.717) is 6.61 Å². The van der Waals surface area contributed by atoms with Gasteiger partial charge in [0, 0.05) is 6.42 Å². The second-order valence-electron chi connectivity index (χ2n) is 7.07. The van der Waals surface area contributed by atoms with Gasteiger partial charge in [-0.05, 0) is 29.5 Å². The number of piperazine rings is 1. The molecule has 2 aromatic heterocycles. The van der Waals surface area contributed by atoms with Crippen LogP contribution in [0.3, 0.4) is 0 Å². The van der Waals surface area contributed by atoms with Crippen LogP contribution in [0.5, 0.6) is 0 Å². The van der Waals surface area contributed by atoms with E-state index in [1.807, 2.05) is 6.07 Å². The summed E-state index contributed by atoms with van der Waals surface area (Å²) in [6.45, 7) is 8.16. The predicted octanol–water partition coefficient (Wildman–Crippen LogP) is 0.702. The second kappa shape index (κ2) is 8.83. The lowest BCUT2D eigenvalue weighted by atomic mass is 10.1. The maximum Gasteiger partial charge on any atom is 0.327 e. The summed E-state index contributed by atoms with van der Waals surface area (Å²) in [4.78, 5) is 20.5. The van der Waals surface area contributed by atoms with E-state index in [2.05, 4.69) is 45.5 Å². The summed E-state index contributed by atoms with van der Waals surface area (Å²) in [7, 11) is 0. The molecule has 1 N–H and O–H groups in total. The highest BCUT2D eigenvalue weighted by Crippen LogP contribution is 2.28. The molecule has 0 spiro atoms. The number of quaternary nitrogens is 1. The summed E-state index contributed by atoms with van der Waals surface area (Å²) < 4.78 is 7.85. The SMILES string of the molecule is CCOC(=O)Cn1nnnc1[C@@H](CC)[NH+]1CCN(c2nc3ccccc3s2)CC1. The standard InChI is InChI=1S/C19H25N7O2S/c1-3-15(18-21-22-23-26(18)13-17(27)28-4-2)24-9-11-25(12-10-24)19-20-14-7-5-6-8-16(14)29-19/h5-8,15H,3-4,9-13H2,1-2H3/p+1/t15-/m1/s1. The Kier molecular flexibility index (Phi) is 6.00. The molecular weight excluding hydrogens is 390 g/mol. The van der Waals surface area contributed by atoms with E-state index in [4.69, 9.17) is 9.72 Å². The number of fused-ring (bicyclic) bond motifs is 1. The quantitative estimate of drug-likeness (QED) is 0.567. The molecule has 154 valence electrons. The third kappa shape index (κ3) is 4.23. The third-order valence-corrected chi connectivity index (χ3v) is 6.41. The number of nitrogens with one attached hydrogen (secondary N) is 1. The monoisotopic (exact) mass is 416 g/mol. The van der Waals surface area contributed by atoms with Gasteiger partial charge in [-0.15, -0.1) is 5.10 Å². The average Bonchev–Trinajstić information content (AvgIpc) is 3.36. The van der Waals surface area contributed by atoms with Crippen LogP contribution in [0.4, 0.5) is 5.13 Å². The van der Waals surface area contributed by atoms with Gasteiger partial charge >= 0.3 is 5.97 Å². The first kappa shape index (κ1) is 19.7. The average molecular weight is 417 g/mol. The Bertz CT molecular complexity index is 931. The number of benzene rings is 1. The number of hydrogen-bond donors (Lipinski definition) is 1. The van der Waals surface area contributed by atoms with Crippen molar-refractivity contribution in [3.8, 4) is 0 Å². The van der Waals surface area contributed by atoms with Crippen LogP contribution < -0.4 is 9.80 Å². The molecule has 0 unspecified atom stereocenters. The number of ether oxygens (including phenoxy) is 1. The van der Waals surface area contributed by atoms with Gasteiger partial charge < -0.3 is 14.5 Å². The lowest BCUT2D eigenvalue weighted by Gasteiger charge is -2.35. The number of tetrazole rings is 1. The van der Waals surface area contributed by atoms with Gasteiger partial charge in [-0.1, -0.05) is 30.4 Å². The molecule has 1 saturated heterocycles. The summed E-state index contributed by atoms with van der Waals surface area (Å²) in [6.07, 6.45) is 0.902. The van der Waals surface area contributed by atoms with Gasteiger partial charge in [-0.3, -0.25) is 4.79 Å². The molecule has 29 heavy (non-hydrogen) atoms. The number of carbonyl (C=O) groups is 1. The van der Waals surface area contributed by atoms with Crippen LogP contribution in [0.1, 0.15) is 32.1 Å². The predicted molar refractivity (Wildman–Crippen MR) is 110 cm³/mol. The Morgan fingerprint density at radius 2 is 2.07 bits per heavy atom. The summed E-state index contributed by atoms with van der Waals surface area (Å²) in [5.74, 6) is 0.440. The molecule has 0 aliphatic carbocycles. The maximum absolute atomic E-state index is 11.9. The molecule has 9 nitrogen and oxygen atoms in total. The molecule has 3 aromatic rings. The maximum atomic E-state index is 11.9. The number of esters is 1. The van der Waals surface area contributed by atoms with Crippen LogP contribution in [0.2, 0.25) is 0 Å². The smallest absolute Gasteiger partial charge is 0.327 e. The van der Waals surface area contributed by atoms with Gasteiger partial charge in [-0.25, -0.2) is 9.67 Å². The van der Waals surface area contributed by atoms with E-state index in [-0.39, 0.29) is 18.6 Å². The van der Waals surface area contributed by atoms with E-state index >= 15 is 0 Å². The number of thiazole rings is 1. The fraction of sp³-hybridized carbons (Fsp3) is 0.526. The van der Waals surface area contributed by atoms with Gasteiger partial charge in [0.25, 0.3) is 0 Å². The molecule has 3 heterocycles. The molecule has 0 saturated carbocycles. The molecule has 1 atom stereocenters. The van der Waals surface area contributed by atoms with Crippen molar-refractivity contribution in [1.29, 1.82) is 0 Å². The number of aromatic nitrogens is 5.